The highest BCUT2D eigenvalue weighted by Gasteiger charge is 2.35. The van der Waals surface area contributed by atoms with E-state index < -0.39 is 5.97 Å². The van der Waals surface area contributed by atoms with E-state index in [-0.39, 0.29) is 0 Å². The van der Waals surface area contributed by atoms with E-state index in [0.717, 1.165) is 11.6 Å². The molecule has 0 bridgehead atoms. The van der Waals surface area contributed by atoms with Gasteiger partial charge in [-0.05, 0) is 37.0 Å². The summed E-state index contributed by atoms with van der Waals surface area (Å²) in [6, 6.07) is 7.56. The molecule has 0 spiro atoms. The van der Waals surface area contributed by atoms with Crippen LogP contribution >= 0.6 is 0 Å². The molecule has 0 aromatic heterocycles. The smallest absolute Gasteiger partial charge is 0.335 e. The average molecular weight is 219 g/mol. The first-order chi connectivity index (χ1) is 7.70. The second-order valence-electron chi connectivity index (χ2n) is 4.42. The molecule has 86 valence electrons. The Balaban J connectivity index is 1.95. The number of carboxylic acids is 1. The first-order valence-electron chi connectivity index (χ1n) is 5.80. The molecule has 2 atom stereocenters. The molecule has 0 heterocycles. The first-order valence-corrected chi connectivity index (χ1v) is 5.80. The van der Waals surface area contributed by atoms with Gasteiger partial charge in [0, 0.05) is 11.7 Å². The van der Waals surface area contributed by atoms with Gasteiger partial charge in [-0.3, -0.25) is 0 Å². The Morgan fingerprint density at radius 3 is 3.06 bits per heavy atom. The topological polar surface area (TPSA) is 49.3 Å². The molecular weight excluding hydrogens is 202 g/mol. The van der Waals surface area contributed by atoms with Gasteiger partial charge in [0.15, 0.2) is 0 Å². The normalized spacial score (nSPS) is 22.8. The minimum Gasteiger partial charge on any atom is -0.478 e. The third-order valence-electron chi connectivity index (χ3n) is 3.04. The largest absolute Gasteiger partial charge is 0.478 e. The molecule has 1 aliphatic carbocycles. The van der Waals surface area contributed by atoms with E-state index in [1.54, 1.807) is 18.2 Å². The van der Waals surface area contributed by atoms with Gasteiger partial charge in [-0.15, -0.1) is 0 Å². The van der Waals surface area contributed by atoms with Crippen molar-refractivity contribution < 1.29 is 9.90 Å². The Hall–Kier alpha value is -1.51. The zero-order valence-electron chi connectivity index (χ0n) is 9.44. The summed E-state index contributed by atoms with van der Waals surface area (Å²) >= 11 is 0. The van der Waals surface area contributed by atoms with Crippen LogP contribution in [0.5, 0.6) is 0 Å². The molecular formula is C13H17NO2. The molecule has 3 nitrogen and oxygen atoms in total. The fraction of sp³-hybridized carbons (Fsp3) is 0.462. The summed E-state index contributed by atoms with van der Waals surface area (Å²) < 4.78 is 0. The van der Waals surface area contributed by atoms with Crippen LogP contribution in [0.2, 0.25) is 0 Å². The molecule has 2 N–H and O–H groups in total. The summed E-state index contributed by atoms with van der Waals surface area (Å²) in [5.41, 5.74) is 1.26. The van der Waals surface area contributed by atoms with Crippen molar-refractivity contribution in [3.8, 4) is 0 Å². The summed E-state index contributed by atoms with van der Waals surface area (Å²) in [6.45, 7) is 2.19. The van der Waals surface area contributed by atoms with E-state index in [4.69, 9.17) is 5.11 Å². The van der Waals surface area contributed by atoms with Crippen molar-refractivity contribution in [1.29, 1.82) is 0 Å². The van der Waals surface area contributed by atoms with Crippen molar-refractivity contribution in [2.75, 3.05) is 5.32 Å². The van der Waals surface area contributed by atoms with Gasteiger partial charge in [0.1, 0.15) is 0 Å². The molecule has 1 aromatic rings. The monoisotopic (exact) mass is 219 g/mol. The molecule has 0 saturated heterocycles. The molecule has 16 heavy (non-hydrogen) atoms. The van der Waals surface area contributed by atoms with Gasteiger partial charge in [-0.2, -0.15) is 0 Å². The minimum absolute atomic E-state index is 0.345. The van der Waals surface area contributed by atoms with Crippen LogP contribution in [0, 0.1) is 5.92 Å². The zero-order valence-corrected chi connectivity index (χ0v) is 9.44. The van der Waals surface area contributed by atoms with E-state index >= 15 is 0 Å². The van der Waals surface area contributed by atoms with Crippen LogP contribution in [0.1, 0.15) is 36.5 Å². The number of hydrogen-bond donors (Lipinski definition) is 2. The van der Waals surface area contributed by atoms with Crippen molar-refractivity contribution in [3.05, 3.63) is 29.8 Å². The van der Waals surface area contributed by atoms with Gasteiger partial charge in [0.25, 0.3) is 0 Å². The average Bonchev–Trinajstić information content (AvgIpc) is 2.97. The lowest BCUT2D eigenvalue weighted by atomic mass is 10.2. The summed E-state index contributed by atoms with van der Waals surface area (Å²) in [5.74, 6) is -0.0944. The fourth-order valence-electron chi connectivity index (χ4n) is 2.07. The molecule has 3 heteroatoms. The first kappa shape index (κ1) is 11.0. The summed E-state index contributed by atoms with van der Waals surface area (Å²) in [7, 11) is 0. The Morgan fingerprint density at radius 2 is 2.38 bits per heavy atom. The van der Waals surface area contributed by atoms with Gasteiger partial charge >= 0.3 is 5.97 Å². The Morgan fingerprint density at radius 1 is 1.56 bits per heavy atom. The van der Waals surface area contributed by atoms with Crippen LogP contribution in [0.4, 0.5) is 5.69 Å². The van der Waals surface area contributed by atoms with Crippen LogP contribution < -0.4 is 5.32 Å². The molecule has 0 radical (unpaired) electrons. The van der Waals surface area contributed by atoms with Gasteiger partial charge in [0.05, 0.1) is 5.56 Å². The van der Waals surface area contributed by atoms with Gasteiger partial charge < -0.3 is 10.4 Å². The number of nitrogens with one attached hydrogen (secondary N) is 1. The molecule has 2 unspecified atom stereocenters. The van der Waals surface area contributed by atoms with E-state index in [1.165, 1.54) is 19.3 Å². The second-order valence-corrected chi connectivity index (χ2v) is 4.42. The molecule has 1 saturated carbocycles. The van der Waals surface area contributed by atoms with Crippen molar-refractivity contribution >= 4 is 11.7 Å². The van der Waals surface area contributed by atoms with Gasteiger partial charge in [-0.25, -0.2) is 4.79 Å². The molecule has 1 aromatic carbocycles. The zero-order chi connectivity index (χ0) is 11.5. The maximum atomic E-state index is 10.8. The van der Waals surface area contributed by atoms with E-state index in [1.807, 2.05) is 6.07 Å². The van der Waals surface area contributed by atoms with Crippen molar-refractivity contribution in [3.63, 3.8) is 0 Å². The number of hydrogen-bond acceptors (Lipinski definition) is 2. The number of rotatable bonds is 5. The van der Waals surface area contributed by atoms with Gasteiger partial charge in [-0.1, -0.05) is 19.4 Å². The summed E-state index contributed by atoms with van der Waals surface area (Å²) in [4.78, 5) is 10.8. The highest BCUT2D eigenvalue weighted by Crippen LogP contribution is 2.37. The van der Waals surface area contributed by atoms with Crippen LogP contribution in [0.3, 0.4) is 0 Å². The van der Waals surface area contributed by atoms with Crippen LogP contribution in [-0.2, 0) is 0 Å². The SMILES string of the molecule is CCCC1CC1Nc1cccc(C(=O)O)c1. The minimum atomic E-state index is -0.871. The second kappa shape index (κ2) is 4.56. The lowest BCUT2D eigenvalue weighted by molar-refractivity contribution is 0.0697. The molecule has 0 aliphatic heterocycles. The number of benzene rings is 1. The summed E-state index contributed by atoms with van der Waals surface area (Å²) in [5, 5.41) is 12.3. The third kappa shape index (κ3) is 2.54. The number of aromatic carboxylic acids is 1. The Kier molecular flexibility index (Phi) is 3.13. The Labute approximate surface area is 95.5 Å². The van der Waals surface area contributed by atoms with Crippen LogP contribution in [0.25, 0.3) is 0 Å². The summed E-state index contributed by atoms with van der Waals surface area (Å²) in [6.07, 6.45) is 3.69. The van der Waals surface area contributed by atoms with Crippen LogP contribution in [-0.4, -0.2) is 17.1 Å². The molecule has 2 rings (SSSR count). The van der Waals surface area contributed by atoms with Gasteiger partial charge in [0.2, 0.25) is 0 Å². The van der Waals surface area contributed by atoms with Crippen molar-refractivity contribution in [2.24, 2.45) is 5.92 Å². The lowest BCUT2D eigenvalue weighted by Crippen LogP contribution is -2.05. The van der Waals surface area contributed by atoms with E-state index in [9.17, 15) is 4.79 Å². The lowest BCUT2D eigenvalue weighted by Gasteiger charge is -2.06. The third-order valence-corrected chi connectivity index (χ3v) is 3.04. The molecule has 1 aliphatic rings. The highest BCUT2D eigenvalue weighted by atomic mass is 16.4. The number of anilines is 1. The fourth-order valence-corrected chi connectivity index (χ4v) is 2.07. The van der Waals surface area contributed by atoms with Crippen molar-refractivity contribution in [1.82, 2.24) is 0 Å². The van der Waals surface area contributed by atoms with Crippen LogP contribution in [0.15, 0.2) is 24.3 Å². The predicted octanol–water partition coefficient (Wildman–Crippen LogP) is 2.99. The number of carboxylic acid groups (broad SMARTS) is 1. The Bertz CT molecular complexity index is 389. The van der Waals surface area contributed by atoms with E-state index in [2.05, 4.69) is 12.2 Å². The quantitative estimate of drug-likeness (QED) is 0.800. The molecule has 0 amide bonds. The van der Waals surface area contributed by atoms with Crippen molar-refractivity contribution in [2.45, 2.75) is 32.2 Å². The standard InChI is InChI=1S/C13H17NO2/c1-2-4-9-8-12(9)14-11-6-3-5-10(7-11)13(15)16/h3,5-7,9,12,14H,2,4,8H2,1H3,(H,15,16). The maximum Gasteiger partial charge on any atom is 0.335 e. The molecule has 1 fully saturated rings. The van der Waals surface area contributed by atoms with E-state index in [0.29, 0.717) is 11.6 Å². The maximum absolute atomic E-state index is 10.8. The number of carbonyl (C=O) groups is 1. The highest BCUT2D eigenvalue weighted by molar-refractivity contribution is 5.88. The predicted molar refractivity (Wildman–Crippen MR) is 63.8 cm³/mol.